The zero-order valence-electron chi connectivity index (χ0n) is 17.3. The van der Waals surface area contributed by atoms with Crippen LogP contribution in [0.3, 0.4) is 0 Å². The van der Waals surface area contributed by atoms with Gasteiger partial charge in [-0.05, 0) is 41.0 Å². The number of anilines is 1. The summed E-state index contributed by atoms with van der Waals surface area (Å²) in [4.78, 5) is 48.8. The number of hydrogen-bond acceptors (Lipinski definition) is 5. The van der Waals surface area contributed by atoms with E-state index in [4.69, 9.17) is 23.2 Å². The first-order valence-electron chi connectivity index (χ1n) is 9.92. The summed E-state index contributed by atoms with van der Waals surface area (Å²) in [5.74, 6) is -1.79. The fraction of sp³-hybridized carbons (Fsp3) is 0.0417. The average molecular weight is 496 g/mol. The second kappa shape index (κ2) is 9.46. The number of non-ortho nitro benzene ring substituents is 1. The SMILES string of the molecule is O=C1NC(=O)N(c2cccc([N+](=O)[O-])c2)C(=O)/C1=C/c1ccc(Cc2ccccc2Cl)c(Cl)c1. The molecule has 1 aliphatic heterocycles. The van der Waals surface area contributed by atoms with Gasteiger partial charge in [-0.15, -0.1) is 0 Å². The van der Waals surface area contributed by atoms with Crippen LogP contribution < -0.4 is 10.2 Å². The molecule has 1 fully saturated rings. The first-order valence-corrected chi connectivity index (χ1v) is 10.7. The van der Waals surface area contributed by atoms with Gasteiger partial charge in [0.15, 0.2) is 0 Å². The molecule has 8 nitrogen and oxygen atoms in total. The molecule has 4 amide bonds. The number of nitro groups is 1. The molecule has 0 spiro atoms. The summed E-state index contributed by atoms with van der Waals surface area (Å²) in [5.41, 5.74) is 1.49. The highest BCUT2D eigenvalue weighted by atomic mass is 35.5. The summed E-state index contributed by atoms with van der Waals surface area (Å²) in [6.45, 7) is 0. The second-order valence-corrected chi connectivity index (χ2v) is 8.17. The van der Waals surface area contributed by atoms with E-state index in [2.05, 4.69) is 5.32 Å². The quantitative estimate of drug-likeness (QED) is 0.227. The van der Waals surface area contributed by atoms with Gasteiger partial charge in [0.1, 0.15) is 5.57 Å². The van der Waals surface area contributed by atoms with Crippen LogP contribution in [0.4, 0.5) is 16.2 Å². The Morgan fingerprint density at radius 2 is 1.65 bits per heavy atom. The topological polar surface area (TPSA) is 110 Å². The summed E-state index contributed by atoms with van der Waals surface area (Å²) in [7, 11) is 0. The number of carbonyl (C=O) groups excluding carboxylic acids is 3. The lowest BCUT2D eigenvalue weighted by Gasteiger charge is -2.26. The number of nitrogens with zero attached hydrogens (tertiary/aromatic N) is 2. The molecular formula is C24H15Cl2N3O5. The maximum atomic E-state index is 13.0. The number of benzene rings is 3. The van der Waals surface area contributed by atoms with E-state index in [1.165, 1.54) is 24.3 Å². The van der Waals surface area contributed by atoms with Gasteiger partial charge in [0.05, 0.1) is 10.6 Å². The molecule has 0 bridgehead atoms. The molecule has 0 radical (unpaired) electrons. The van der Waals surface area contributed by atoms with Crippen LogP contribution >= 0.6 is 23.2 Å². The van der Waals surface area contributed by atoms with E-state index in [-0.39, 0.29) is 16.9 Å². The van der Waals surface area contributed by atoms with Crippen molar-refractivity contribution in [3.63, 3.8) is 0 Å². The second-order valence-electron chi connectivity index (χ2n) is 7.35. The van der Waals surface area contributed by atoms with Gasteiger partial charge in [-0.1, -0.05) is 59.6 Å². The molecule has 0 atom stereocenters. The smallest absolute Gasteiger partial charge is 0.273 e. The van der Waals surface area contributed by atoms with E-state index in [1.807, 2.05) is 18.2 Å². The monoisotopic (exact) mass is 495 g/mol. The molecule has 34 heavy (non-hydrogen) atoms. The van der Waals surface area contributed by atoms with E-state index < -0.39 is 22.8 Å². The highest BCUT2D eigenvalue weighted by Gasteiger charge is 2.37. The van der Waals surface area contributed by atoms with Gasteiger partial charge in [0.2, 0.25) is 0 Å². The number of urea groups is 1. The van der Waals surface area contributed by atoms with Crippen LogP contribution in [-0.4, -0.2) is 22.8 Å². The molecular weight excluding hydrogens is 481 g/mol. The van der Waals surface area contributed by atoms with Crippen molar-refractivity contribution in [2.24, 2.45) is 0 Å². The largest absolute Gasteiger partial charge is 0.335 e. The third kappa shape index (κ3) is 4.68. The minimum atomic E-state index is -0.999. The molecule has 0 unspecified atom stereocenters. The third-order valence-corrected chi connectivity index (χ3v) is 5.85. The summed E-state index contributed by atoms with van der Waals surface area (Å²) >= 11 is 12.6. The number of amides is 4. The van der Waals surface area contributed by atoms with Crippen LogP contribution in [0.15, 0.2) is 72.3 Å². The molecule has 4 rings (SSSR count). The maximum Gasteiger partial charge on any atom is 0.335 e. The number of barbiturate groups is 1. The normalized spacial score (nSPS) is 14.9. The summed E-state index contributed by atoms with van der Waals surface area (Å²) in [5, 5.41) is 14.2. The Morgan fingerprint density at radius 1 is 0.912 bits per heavy atom. The van der Waals surface area contributed by atoms with Gasteiger partial charge in [-0.25, -0.2) is 9.69 Å². The van der Waals surface area contributed by atoms with Crippen molar-refractivity contribution in [1.29, 1.82) is 0 Å². The van der Waals surface area contributed by atoms with Crippen molar-refractivity contribution in [3.05, 3.63) is 109 Å². The summed E-state index contributed by atoms with van der Waals surface area (Å²) < 4.78 is 0. The van der Waals surface area contributed by atoms with Crippen molar-refractivity contribution >= 4 is 58.5 Å². The lowest BCUT2D eigenvalue weighted by atomic mass is 10.0. The van der Waals surface area contributed by atoms with Gasteiger partial charge in [-0.2, -0.15) is 0 Å². The van der Waals surface area contributed by atoms with E-state index in [1.54, 1.807) is 24.3 Å². The Hall–Kier alpha value is -4.01. The number of rotatable bonds is 5. The molecule has 1 saturated heterocycles. The Bertz CT molecular complexity index is 1390. The Kier molecular flexibility index (Phi) is 6.45. The zero-order chi connectivity index (χ0) is 24.4. The summed E-state index contributed by atoms with van der Waals surface area (Å²) in [6, 6.07) is 16.4. The van der Waals surface area contributed by atoms with Crippen LogP contribution in [0, 0.1) is 10.1 Å². The van der Waals surface area contributed by atoms with Crippen LogP contribution in [0.1, 0.15) is 16.7 Å². The lowest BCUT2D eigenvalue weighted by molar-refractivity contribution is -0.384. The minimum absolute atomic E-state index is 0.0387. The number of nitro benzene ring substituents is 1. The fourth-order valence-corrected chi connectivity index (χ4v) is 3.91. The van der Waals surface area contributed by atoms with Crippen LogP contribution in [0.25, 0.3) is 6.08 Å². The molecule has 0 aliphatic carbocycles. The van der Waals surface area contributed by atoms with E-state index >= 15 is 0 Å². The molecule has 1 N–H and O–H groups in total. The van der Waals surface area contributed by atoms with Crippen molar-refractivity contribution < 1.29 is 19.3 Å². The van der Waals surface area contributed by atoms with Gasteiger partial charge in [-0.3, -0.25) is 25.0 Å². The number of hydrogen-bond donors (Lipinski definition) is 1. The standard InChI is InChI=1S/C24H15Cl2N3O5/c25-20-7-2-1-4-15(20)12-16-9-8-14(11-21(16)26)10-19-22(30)27-24(32)28(23(19)31)17-5-3-6-18(13-17)29(33)34/h1-11,13H,12H2,(H,27,30,32)/b19-10+. The Morgan fingerprint density at radius 3 is 2.35 bits per heavy atom. The zero-order valence-corrected chi connectivity index (χ0v) is 18.8. The fourth-order valence-electron chi connectivity index (χ4n) is 3.45. The van der Waals surface area contributed by atoms with E-state index in [0.29, 0.717) is 26.9 Å². The third-order valence-electron chi connectivity index (χ3n) is 5.13. The van der Waals surface area contributed by atoms with Crippen molar-refractivity contribution in [2.45, 2.75) is 6.42 Å². The molecule has 1 aliphatic rings. The maximum absolute atomic E-state index is 13.0. The Labute approximate surface area is 203 Å². The molecule has 1 heterocycles. The first-order chi connectivity index (χ1) is 16.2. The molecule has 0 aromatic heterocycles. The van der Waals surface area contributed by atoms with Gasteiger partial charge >= 0.3 is 6.03 Å². The number of nitrogens with one attached hydrogen (secondary N) is 1. The van der Waals surface area contributed by atoms with Crippen molar-refractivity contribution in [2.75, 3.05) is 4.90 Å². The predicted octanol–water partition coefficient (Wildman–Crippen LogP) is 5.16. The highest BCUT2D eigenvalue weighted by molar-refractivity contribution is 6.39. The Balaban J connectivity index is 1.64. The van der Waals surface area contributed by atoms with Crippen molar-refractivity contribution in [1.82, 2.24) is 5.32 Å². The molecule has 3 aromatic carbocycles. The molecule has 3 aromatic rings. The summed E-state index contributed by atoms with van der Waals surface area (Å²) in [6.07, 6.45) is 1.80. The van der Waals surface area contributed by atoms with Crippen LogP contribution in [0.5, 0.6) is 0 Å². The lowest BCUT2D eigenvalue weighted by Crippen LogP contribution is -2.54. The first kappa shape index (κ1) is 23.2. The molecule has 10 heteroatoms. The van der Waals surface area contributed by atoms with Gasteiger partial charge in [0.25, 0.3) is 17.5 Å². The van der Waals surface area contributed by atoms with Crippen LogP contribution in [-0.2, 0) is 16.0 Å². The minimum Gasteiger partial charge on any atom is -0.273 e. The van der Waals surface area contributed by atoms with Crippen LogP contribution in [0.2, 0.25) is 10.0 Å². The number of carbonyl (C=O) groups is 3. The number of imide groups is 2. The molecule has 0 saturated carbocycles. The molecule has 170 valence electrons. The predicted molar refractivity (Wildman–Crippen MR) is 128 cm³/mol. The van der Waals surface area contributed by atoms with E-state index in [0.717, 1.165) is 17.2 Å². The van der Waals surface area contributed by atoms with E-state index in [9.17, 15) is 24.5 Å². The highest BCUT2D eigenvalue weighted by Crippen LogP contribution is 2.28. The van der Waals surface area contributed by atoms with Gasteiger partial charge < -0.3 is 0 Å². The average Bonchev–Trinajstić information content (AvgIpc) is 2.80. The van der Waals surface area contributed by atoms with Crippen molar-refractivity contribution in [3.8, 4) is 0 Å². The number of halogens is 2. The van der Waals surface area contributed by atoms with Gasteiger partial charge in [0, 0.05) is 28.6 Å².